The van der Waals surface area contributed by atoms with E-state index in [1.165, 1.54) is 10.5 Å². The lowest BCUT2D eigenvalue weighted by molar-refractivity contribution is -0.945. The molecule has 1 N–H and O–H groups in total. The molecule has 144 valence electrons. The van der Waals surface area contributed by atoms with Gasteiger partial charge in [-0.15, -0.1) is 0 Å². The smallest absolute Gasteiger partial charge is 0.336 e. The zero-order valence-electron chi connectivity index (χ0n) is 16.3. The average molecular weight is 384 g/mol. The molecule has 0 fully saturated rings. The van der Waals surface area contributed by atoms with Gasteiger partial charge in [0.15, 0.2) is 0 Å². The molecule has 0 aliphatic carbocycles. The minimum absolute atomic E-state index is 0.341. The van der Waals surface area contributed by atoms with Crippen LogP contribution in [0.1, 0.15) is 16.7 Å². The first-order chi connectivity index (χ1) is 14.2. The van der Waals surface area contributed by atoms with Crippen molar-refractivity contribution < 1.29 is 14.1 Å². The van der Waals surface area contributed by atoms with Crippen molar-refractivity contribution in [3.63, 3.8) is 0 Å². The van der Waals surface area contributed by atoms with E-state index in [-0.39, 0.29) is 5.63 Å². The molecule has 2 heterocycles. The normalized spacial score (nSPS) is 15.7. The zero-order chi connectivity index (χ0) is 19.8. The molecule has 0 saturated carbocycles. The first-order valence-corrected chi connectivity index (χ1v) is 9.85. The second-order valence-electron chi connectivity index (χ2n) is 7.59. The average Bonchev–Trinajstić information content (AvgIpc) is 2.75. The van der Waals surface area contributed by atoms with Crippen molar-refractivity contribution in [2.75, 3.05) is 6.73 Å². The number of nitrogens with one attached hydrogen (secondary N) is 1. The van der Waals surface area contributed by atoms with E-state index in [4.69, 9.17) is 9.15 Å². The Hall–Kier alpha value is -3.37. The van der Waals surface area contributed by atoms with E-state index in [0.717, 1.165) is 46.5 Å². The van der Waals surface area contributed by atoms with Gasteiger partial charge in [-0.05, 0) is 24.1 Å². The van der Waals surface area contributed by atoms with Gasteiger partial charge >= 0.3 is 5.63 Å². The molecule has 4 nitrogen and oxygen atoms in total. The van der Waals surface area contributed by atoms with Gasteiger partial charge in [-0.25, -0.2) is 4.79 Å². The first kappa shape index (κ1) is 17.7. The lowest BCUT2D eigenvalue weighted by Crippen LogP contribution is -3.10. The number of hydrogen-bond acceptors (Lipinski definition) is 3. The quantitative estimate of drug-likeness (QED) is 0.548. The molecule has 0 radical (unpaired) electrons. The number of benzene rings is 3. The summed E-state index contributed by atoms with van der Waals surface area (Å²) in [5.74, 6) is 0.850. The lowest BCUT2D eigenvalue weighted by Gasteiger charge is -2.27. The Kier molecular flexibility index (Phi) is 4.41. The maximum atomic E-state index is 12.2. The Balaban J connectivity index is 1.60. The monoisotopic (exact) mass is 384 g/mol. The van der Waals surface area contributed by atoms with Gasteiger partial charge in [0.25, 0.3) is 0 Å². The van der Waals surface area contributed by atoms with Gasteiger partial charge in [-0.3, -0.25) is 4.90 Å². The van der Waals surface area contributed by atoms with Gasteiger partial charge in [0.05, 0.1) is 0 Å². The third-order valence-corrected chi connectivity index (χ3v) is 5.53. The molecule has 1 aliphatic rings. The molecule has 4 aromatic rings. The highest BCUT2D eigenvalue weighted by Crippen LogP contribution is 2.36. The largest absolute Gasteiger partial charge is 0.444 e. The number of quaternary nitrogens is 1. The second kappa shape index (κ2) is 7.22. The Labute approximate surface area is 169 Å². The summed E-state index contributed by atoms with van der Waals surface area (Å²) in [5.41, 5.74) is 5.52. The van der Waals surface area contributed by atoms with Crippen molar-refractivity contribution in [3.8, 4) is 16.9 Å². The van der Waals surface area contributed by atoms with Crippen molar-refractivity contribution in [3.05, 3.63) is 99.9 Å². The molecule has 1 atom stereocenters. The maximum Gasteiger partial charge on any atom is 0.336 e. The molecule has 0 saturated heterocycles. The zero-order valence-corrected chi connectivity index (χ0v) is 16.3. The van der Waals surface area contributed by atoms with Crippen LogP contribution >= 0.6 is 0 Å². The Morgan fingerprint density at radius 2 is 1.69 bits per heavy atom. The van der Waals surface area contributed by atoms with Gasteiger partial charge in [-0.2, -0.15) is 0 Å². The van der Waals surface area contributed by atoms with Crippen molar-refractivity contribution in [1.29, 1.82) is 0 Å². The fourth-order valence-corrected chi connectivity index (χ4v) is 4.19. The van der Waals surface area contributed by atoms with E-state index < -0.39 is 0 Å². The highest BCUT2D eigenvalue weighted by Gasteiger charge is 2.25. The predicted octanol–water partition coefficient (Wildman–Crippen LogP) is 3.70. The van der Waals surface area contributed by atoms with Crippen LogP contribution in [-0.2, 0) is 13.1 Å². The summed E-state index contributed by atoms with van der Waals surface area (Å²) in [4.78, 5) is 13.6. The third-order valence-electron chi connectivity index (χ3n) is 5.53. The fourth-order valence-electron chi connectivity index (χ4n) is 4.19. The minimum Gasteiger partial charge on any atom is -0.444 e. The molecular weight excluding hydrogens is 362 g/mol. The number of hydrogen-bond donors (Lipinski definition) is 1. The molecule has 5 rings (SSSR count). The van der Waals surface area contributed by atoms with Crippen LogP contribution in [0.5, 0.6) is 5.75 Å². The molecule has 3 aromatic carbocycles. The van der Waals surface area contributed by atoms with Crippen LogP contribution in [-0.4, -0.2) is 6.73 Å². The summed E-state index contributed by atoms with van der Waals surface area (Å²) in [6.45, 7) is 4.35. The van der Waals surface area contributed by atoms with E-state index in [0.29, 0.717) is 12.3 Å². The van der Waals surface area contributed by atoms with Crippen LogP contribution in [0.4, 0.5) is 0 Å². The maximum absolute atomic E-state index is 12.2. The molecule has 0 bridgehead atoms. The highest BCUT2D eigenvalue weighted by atomic mass is 16.5. The lowest BCUT2D eigenvalue weighted by atomic mass is 9.97. The number of ether oxygens (including phenoxy) is 1. The standard InChI is InChI=1S/C25H21NO3/c1-17-24-20(15-26(16-28-24)14-18-8-4-2-5-9-18)12-22-21(13-23(27)29-25(17)22)19-10-6-3-7-11-19/h2-13H,14-16H2,1H3/p+1. The van der Waals surface area contributed by atoms with Crippen LogP contribution in [0, 0.1) is 6.92 Å². The molecule has 0 amide bonds. The van der Waals surface area contributed by atoms with Gasteiger partial charge in [0.1, 0.15) is 24.4 Å². The topological polar surface area (TPSA) is 43.9 Å². The van der Waals surface area contributed by atoms with E-state index in [1.807, 2.05) is 43.3 Å². The molecule has 1 aliphatic heterocycles. The minimum atomic E-state index is -0.341. The molecule has 1 aromatic heterocycles. The Bertz CT molecular complexity index is 1230. The van der Waals surface area contributed by atoms with Gasteiger partial charge in [-0.1, -0.05) is 60.7 Å². The van der Waals surface area contributed by atoms with Crippen molar-refractivity contribution in [2.24, 2.45) is 0 Å². The van der Waals surface area contributed by atoms with Crippen LogP contribution < -0.4 is 15.3 Å². The molecular formula is C25H22NO3+. The molecule has 4 heteroatoms. The summed E-state index contributed by atoms with van der Waals surface area (Å²) < 4.78 is 11.7. The summed E-state index contributed by atoms with van der Waals surface area (Å²) in [6.07, 6.45) is 0. The van der Waals surface area contributed by atoms with E-state index in [1.54, 1.807) is 6.07 Å². The van der Waals surface area contributed by atoms with Gasteiger partial charge in [0.2, 0.25) is 6.73 Å². The van der Waals surface area contributed by atoms with Crippen LogP contribution in [0.2, 0.25) is 0 Å². The summed E-state index contributed by atoms with van der Waals surface area (Å²) >= 11 is 0. The van der Waals surface area contributed by atoms with Crippen LogP contribution in [0.15, 0.2) is 82.0 Å². The third kappa shape index (κ3) is 3.32. The molecule has 0 spiro atoms. The molecule has 1 unspecified atom stereocenters. The second-order valence-corrected chi connectivity index (χ2v) is 7.59. The van der Waals surface area contributed by atoms with Gasteiger partial charge < -0.3 is 9.15 Å². The number of aryl methyl sites for hydroxylation is 1. The van der Waals surface area contributed by atoms with Crippen molar-refractivity contribution in [2.45, 2.75) is 20.0 Å². The Morgan fingerprint density at radius 3 is 2.45 bits per heavy atom. The van der Waals surface area contributed by atoms with Crippen molar-refractivity contribution in [1.82, 2.24) is 0 Å². The van der Waals surface area contributed by atoms with E-state index >= 15 is 0 Å². The molecule has 29 heavy (non-hydrogen) atoms. The van der Waals surface area contributed by atoms with E-state index in [2.05, 4.69) is 30.3 Å². The fraction of sp³-hybridized carbons (Fsp3) is 0.160. The van der Waals surface area contributed by atoms with Gasteiger partial charge in [0, 0.05) is 28.1 Å². The summed E-state index contributed by atoms with van der Waals surface area (Å²) in [6, 6.07) is 24.2. The van der Waals surface area contributed by atoms with Crippen LogP contribution in [0.3, 0.4) is 0 Å². The summed E-state index contributed by atoms with van der Waals surface area (Å²) in [7, 11) is 0. The Morgan fingerprint density at radius 1 is 0.966 bits per heavy atom. The van der Waals surface area contributed by atoms with Crippen molar-refractivity contribution >= 4 is 11.0 Å². The van der Waals surface area contributed by atoms with Crippen LogP contribution in [0.25, 0.3) is 22.1 Å². The van der Waals surface area contributed by atoms with E-state index in [9.17, 15) is 4.79 Å². The number of rotatable bonds is 3. The summed E-state index contributed by atoms with van der Waals surface area (Å²) in [5, 5.41) is 0.955. The SMILES string of the molecule is Cc1c2c(cc3c(-c4ccccc4)cc(=O)oc13)C[NH+](Cc1ccccc1)CO2. The first-order valence-electron chi connectivity index (χ1n) is 9.85. The number of fused-ring (bicyclic) bond motifs is 2. The highest BCUT2D eigenvalue weighted by molar-refractivity contribution is 5.96. The predicted molar refractivity (Wildman–Crippen MR) is 113 cm³/mol.